The molecule has 1 aliphatic rings. The number of aromatic nitrogens is 6. The van der Waals surface area contributed by atoms with E-state index in [1.54, 1.807) is 30.8 Å². The zero-order valence-corrected chi connectivity index (χ0v) is 16.6. The van der Waals surface area contributed by atoms with Crippen molar-refractivity contribution < 1.29 is 18.0 Å². The summed E-state index contributed by atoms with van der Waals surface area (Å²) in [5, 5.41) is 7.60. The number of carbonyl (C=O) groups is 1. The lowest BCUT2D eigenvalue weighted by Gasteiger charge is -2.32. The maximum Gasteiger partial charge on any atom is 0.417 e. The summed E-state index contributed by atoms with van der Waals surface area (Å²) in [6.45, 7) is 3.71. The van der Waals surface area contributed by atoms with E-state index < -0.39 is 34.4 Å². The van der Waals surface area contributed by atoms with Gasteiger partial charge in [-0.25, -0.2) is 15.0 Å². The van der Waals surface area contributed by atoms with Gasteiger partial charge < -0.3 is 4.90 Å². The number of amides is 1. The molecule has 30 heavy (non-hydrogen) atoms. The highest BCUT2D eigenvalue weighted by atomic mass is 35.5. The van der Waals surface area contributed by atoms with Gasteiger partial charge in [-0.1, -0.05) is 16.8 Å². The smallest absolute Gasteiger partial charge is 0.328 e. The Bertz CT molecular complexity index is 1130. The molecule has 4 rings (SSSR count). The van der Waals surface area contributed by atoms with Crippen molar-refractivity contribution in [1.82, 2.24) is 34.8 Å². The summed E-state index contributed by atoms with van der Waals surface area (Å²) in [6, 6.07) is 1.90. The van der Waals surface area contributed by atoms with Gasteiger partial charge in [-0.15, -0.1) is 5.10 Å². The van der Waals surface area contributed by atoms with E-state index in [9.17, 15) is 18.0 Å². The second-order valence-corrected chi connectivity index (χ2v) is 7.12. The Kier molecular flexibility index (Phi) is 4.92. The first-order valence-corrected chi connectivity index (χ1v) is 9.33. The first-order chi connectivity index (χ1) is 14.2. The molecule has 1 aliphatic heterocycles. The average Bonchev–Trinajstić information content (AvgIpc) is 3.12. The van der Waals surface area contributed by atoms with E-state index in [4.69, 9.17) is 11.6 Å². The molecule has 3 aromatic heterocycles. The van der Waals surface area contributed by atoms with Gasteiger partial charge in [0.15, 0.2) is 5.82 Å². The van der Waals surface area contributed by atoms with Crippen molar-refractivity contribution in [1.29, 1.82) is 0 Å². The van der Waals surface area contributed by atoms with Crippen LogP contribution in [0.4, 0.5) is 13.2 Å². The number of hydrogen-bond donors (Lipinski definition) is 0. The predicted octanol–water partition coefficient (Wildman–Crippen LogP) is 3.19. The van der Waals surface area contributed by atoms with E-state index >= 15 is 0 Å². The maximum absolute atomic E-state index is 13.1. The number of halogens is 4. The summed E-state index contributed by atoms with van der Waals surface area (Å²) in [5.74, 6) is 0.421. The molecule has 12 heteroatoms. The minimum Gasteiger partial charge on any atom is -0.328 e. The molecule has 1 amide bonds. The monoisotopic (exact) mass is 437 g/mol. The Morgan fingerprint density at radius 2 is 1.97 bits per heavy atom. The van der Waals surface area contributed by atoms with Crippen molar-refractivity contribution in [3.05, 3.63) is 58.0 Å². The predicted molar refractivity (Wildman–Crippen MR) is 99.1 cm³/mol. The van der Waals surface area contributed by atoms with Crippen LogP contribution in [-0.4, -0.2) is 47.3 Å². The molecule has 4 heterocycles. The average molecular weight is 438 g/mol. The van der Waals surface area contributed by atoms with E-state index in [1.807, 2.05) is 0 Å². The molecule has 8 nitrogen and oxygen atoms in total. The van der Waals surface area contributed by atoms with Crippen LogP contribution in [0.5, 0.6) is 0 Å². The molecule has 1 unspecified atom stereocenters. The van der Waals surface area contributed by atoms with Crippen LogP contribution in [0.25, 0.3) is 5.82 Å². The highest BCUT2D eigenvalue weighted by Crippen LogP contribution is 2.37. The molecule has 0 N–H and O–H groups in total. The molecule has 156 valence electrons. The topological polar surface area (TPSA) is 89.7 Å². The molecule has 0 bridgehead atoms. The molecule has 0 aliphatic carbocycles. The zero-order chi connectivity index (χ0) is 21.6. The SMILES string of the molecule is Cc1nccc(-n2nnc3c2CCN(C(=O)c2nccc(C(F)(F)F)c2Cl)C3C)n1. The zero-order valence-electron chi connectivity index (χ0n) is 15.9. The summed E-state index contributed by atoms with van der Waals surface area (Å²) in [7, 11) is 0. The number of carbonyl (C=O) groups excluding carboxylic acids is 1. The Morgan fingerprint density at radius 3 is 2.67 bits per heavy atom. The lowest BCUT2D eigenvalue weighted by Crippen LogP contribution is -2.40. The third kappa shape index (κ3) is 3.38. The molecular weight excluding hydrogens is 423 g/mol. The van der Waals surface area contributed by atoms with Crippen LogP contribution < -0.4 is 0 Å². The fraction of sp³-hybridized carbons (Fsp3) is 0.333. The summed E-state index contributed by atoms with van der Waals surface area (Å²) in [5.41, 5.74) is -0.236. The Hall–Kier alpha value is -3.08. The van der Waals surface area contributed by atoms with Gasteiger partial charge in [0.05, 0.1) is 22.3 Å². The molecule has 0 spiro atoms. The van der Waals surface area contributed by atoms with E-state index in [2.05, 4.69) is 25.3 Å². The van der Waals surface area contributed by atoms with Gasteiger partial charge in [0.1, 0.15) is 17.2 Å². The Morgan fingerprint density at radius 1 is 1.23 bits per heavy atom. The lowest BCUT2D eigenvalue weighted by molar-refractivity contribution is -0.137. The van der Waals surface area contributed by atoms with Gasteiger partial charge >= 0.3 is 6.18 Å². The molecular formula is C18H15ClF3N7O. The minimum atomic E-state index is -4.69. The van der Waals surface area contributed by atoms with Crippen LogP contribution in [0, 0.1) is 6.92 Å². The molecule has 0 saturated carbocycles. The standard InChI is InChI=1S/C18H15ClF3N7O/c1-9-15-12(29(27-26-15)13-4-7-23-10(2)25-13)5-8-28(9)17(30)16-14(19)11(3-6-24-16)18(20,21)22/h3-4,6-7,9H,5,8H2,1-2H3. The number of hydrogen-bond acceptors (Lipinski definition) is 6. The van der Waals surface area contributed by atoms with Gasteiger partial charge in [0.25, 0.3) is 5.91 Å². The number of rotatable bonds is 2. The number of nitrogens with zero attached hydrogens (tertiary/aromatic N) is 7. The van der Waals surface area contributed by atoms with Crippen LogP contribution in [0.3, 0.4) is 0 Å². The summed E-state index contributed by atoms with van der Waals surface area (Å²) in [4.78, 5) is 26.5. The molecule has 0 aromatic carbocycles. The molecule has 3 aromatic rings. The van der Waals surface area contributed by atoms with E-state index in [0.717, 1.165) is 18.0 Å². The van der Waals surface area contributed by atoms with Gasteiger partial charge in [0.2, 0.25) is 0 Å². The van der Waals surface area contributed by atoms with Crippen LogP contribution in [-0.2, 0) is 12.6 Å². The maximum atomic E-state index is 13.1. The van der Waals surface area contributed by atoms with Crippen LogP contribution >= 0.6 is 11.6 Å². The van der Waals surface area contributed by atoms with Gasteiger partial charge in [-0.05, 0) is 19.9 Å². The number of alkyl halides is 3. The normalized spacial score (nSPS) is 16.5. The lowest BCUT2D eigenvalue weighted by atomic mass is 10.0. The second kappa shape index (κ2) is 7.31. The minimum absolute atomic E-state index is 0.235. The van der Waals surface area contributed by atoms with Crippen molar-refractivity contribution in [2.75, 3.05) is 6.54 Å². The fourth-order valence-electron chi connectivity index (χ4n) is 3.41. The molecule has 0 fully saturated rings. The van der Waals surface area contributed by atoms with Crippen molar-refractivity contribution in [3.63, 3.8) is 0 Å². The third-order valence-electron chi connectivity index (χ3n) is 4.88. The van der Waals surface area contributed by atoms with E-state index in [1.165, 1.54) is 4.90 Å². The summed E-state index contributed by atoms with van der Waals surface area (Å²) >= 11 is 5.88. The fourth-order valence-corrected chi connectivity index (χ4v) is 3.71. The van der Waals surface area contributed by atoms with Crippen LogP contribution in [0.2, 0.25) is 5.02 Å². The van der Waals surface area contributed by atoms with E-state index in [0.29, 0.717) is 23.8 Å². The summed E-state index contributed by atoms with van der Waals surface area (Å²) in [6.07, 6.45) is -1.77. The molecule has 0 radical (unpaired) electrons. The van der Waals surface area contributed by atoms with Crippen molar-refractivity contribution in [3.8, 4) is 5.82 Å². The second-order valence-electron chi connectivity index (χ2n) is 6.74. The van der Waals surface area contributed by atoms with Crippen LogP contribution in [0.1, 0.15) is 46.2 Å². The van der Waals surface area contributed by atoms with Gasteiger partial charge in [0, 0.05) is 31.4 Å². The van der Waals surface area contributed by atoms with Crippen molar-refractivity contribution in [2.24, 2.45) is 0 Å². The van der Waals surface area contributed by atoms with Gasteiger partial charge in [-0.2, -0.15) is 17.9 Å². The van der Waals surface area contributed by atoms with Crippen LogP contribution in [0.15, 0.2) is 24.5 Å². The molecule has 1 atom stereocenters. The largest absolute Gasteiger partial charge is 0.417 e. The Labute approximate surface area is 173 Å². The van der Waals surface area contributed by atoms with Crippen molar-refractivity contribution >= 4 is 17.5 Å². The number of pyridine rings is 1. The van der Waals surface area contributed by atoms with Crippen molar-refractivity contribution in [2.45, 2.75) is 32.5 Å². The number of fused-ring (bicyclic) bond motifs is 1. The highest BCUT2D eigenvalue weighted by molar-refractivity contribution is 6.34. The third-order valence-corrected chi connectivity index (χ3v) is 5.26. The Balaban J connectivity index is 1.67. The first kappa shape index (κ1) is 20.2. The highest BCUT2D eigenvalue weighted by Gasteiger charge is 2.38. The summed E-state index contributed by atoms with van der Waals surface area (Å²) < 4.78 is 41.0. The number of aryl methyl sites for hydroxylation is 1. The first-order valence-electron chi connectivity index (χ1n) is 8.95. The quantitative estimate of drug-likeness (QED) is 0.611. The van der Waals surface area contributed by atoms with Gasteiger partial charge in [-0.3, -0.25) is 4.79 Å². The molecule has 0 saturated heterocycles. The van der Waals surface area contributed by atoms with E-state index in [-0.39, 0.29) is 6.54 Å².